The molecule has 2 heterocycles. The monoisotopic (exact) mass is 373 g/mol. The van der Waals surface area contributed by atoms with Crippen LogP contribution in [0.15, 0.2) is 29.2 Å². The first-order valence-electron chi connectivity index (χ1n) is 9.18. The molecule has 2 aliphatic rings. The highest BCUT2D eigenvalue weighted by Gasteiger charge is 2.38. The van der Waals surface area contributed by atoms with E-state index < -0.39 is 5.69 Å². The van der Waals surface area contributed by atoms with E-state index in [1.54, 1.807) is 19.1 Å². The number of likely N-dealkylation sites (tertiary alicyclic amines) is 1. The summed E-state index contributed by atoms with van der Waals surface area (Å²) in [6, 6.07) is -0.373. The Bertz CT molecular complexity index is 829. The molecule has 8 heteroatoms. The number of nitrogens with one attached hydrogen (secondary N) is 2. The summed E-state index contributed by atoms with van der Waals surface area (Å²) in [7, 11) is 3.11. The fourth-order valence-electron chi connectivity index (χ4n) is 3.82. The average Bonchev–Trinajstić information content (AvgIpc) is 2.85. The van der Waals surface area contributed by atoms with Gasteiger partial charge in [-0.25, -0.2) is 14.2 Å². The number of rotatable bonds is 6. The maximum absolute atomic E-state index is 12.9. The zero-order valence-corrected chi connectivity index (χ0v) is 15.9. The summed E-state index contributed by atoms with van der Waals surface area (Å²) in [4.78, 5) is 27.2. The van der Waals surface area contributed by atoms with Crippen molar-refractivity contribution in [3.05, 3.63) is 40.6 Å². The Kier molecular flexibility index (Phi) is 5.65. The molecule has 1 aliphatic carbocycles. The van der Waals surface area contributed by atoms with Crippen molar-refractivity contribution in [2.75, 3.05) is 32.1 Å². The Morgan fingerprint density at radius 2 is 2.15 bits per heavy atom. The van der Waals surface area contributed by atoms with Crippen molar-refractivity contribution >= 4 is 18.1 Å². The number of aromatic nitrogens is 2. The molecule has 1 atom stereocenters. The van der Waals surface area contributed by atoms with Crippen LogP contribution in [0.5, 0.6) is 0 Å². The molecule has 1 aliphatic heterocycles. The van der Waals surface area contributed by atoms with E-state index in [0.717, 1.165) is 30.0 Å². The number of hydrogen-bond acceptors (Lipinski definition) is 5. The molecule has 8 nitrogen and oxygen atoms in total. The lowest BCUT2D eigenvalue weighted by Gasteiger charge is -2.43. The molecule has 146 valence electrons. The van der Waals surface area contributed by atoms with Crippen LogP contribution >= 0.6 is 0 Å². The topological polar surface area (TPSA) is 92.3 Å². The zero-order valence-electron chi connectivity index (χ0n) is 15.9. The summed E-state index contributed by atoms with van der Waals surface area (Å²) in [6.07, 6.45) is 8.79. The molecule has 3 rings (SSSR count). The number of methoxy groups -OCH3 is 1. The van der Waals surface area contributed by atoms with Crippen molar-refractivity contribution in [3.63, 3.8) is 0 Å². The Morgan fingerprint density at radius 3 is 2.74 bits per heavy atom. The quantitative estimate of drug-likeness (QED) is 0.589. The number of nitrogens with zero attached hydrogens (tertiary/aromatic N) is 3. The molecule has 1 unspecified atom stereocenters. The smallest absolute Gasteiger partial charge is 0.338 e. The molecule has 1 amide bonds. The van der Waals surface area contributed by atoms with Gasteiger partial charge < -0.3 is 20.4 Å². The van der Waals surface area contributed by atoms with Crippen molar-refractivity contribution in [1.82, 2.24) is 14.0 Å². The first-order valence-corrected chi connectivity index (χ1v) is 9.18. The van der Waals surface area contributed by atoms with Gasteiger partial charge in [-0.05, 0) is 31.1 Å². The molecule has 1 fully saturated rings. The van der Waals surface area contributed by atoms with Crippen molar-refractivity contribution in [2.24, 2.45) is 18.9 Å². The molecule has 27 heavy (non-hydrogen) atoms. The van der Waals surface area contributed by atoms with Gasteiger partial charge in [-0.15, -0.1) is 0 Å². The van der Waals surface area contributed by atoms with E-state index in [9.17, 15) is 9.59 Å². The lowest BCUT2D eigenvalue weighted by atomic mass is 9.79. The first-order chi connectivity index (χ1) is 13.0. The van der Waals surface area contributed by atoms with Crippen LogP contribution in [-0.4, -0.2) is 53.1 Å². The number of amides is 1. The highest BCUT2D eigenvalue weighted by molar-refractivity contribution is 5.91. The van der Waals surface area contributed by atoms with Crippen LogP contribution < -0.4 is 11.0 Å². The summed E-state index contributed by atoms with van der Waals surface area (Å²) >= 11 is 0. The molecule has 1 aromatic rings. The van der Waals surface area contributed by atoms with Gasteiger partial charge in [0.1, 0.15) is 11.5 Å². The number of ether oxygens (including phenoxy) is 1. The van der Waals surface area contributed by atoms with Gasteiger partial charge in [0.15, 0.2) is 0 Å². The molecular weight excluding hydrogens is 346 g/mol. The summed E-state index contributed by atoms with van der Waals surface area (Å²) < 4.78 is 7.40. The number of imidazole rings is 1. The van der Waals surface area contributed by atoms with Crippen LogP contribution in [0.25, 0.3) is 0 Å². The van der Waals surface area contributed by atoms with E-state index in [1.807, 2.05) is 0 Å². The lowest BCUT2D eigenvalue weighted by molar-refractivity contribution is 0.0799. The second-order valence-corrected chi connectivity index (χ2v) is 7.21. The lowest BCUT2D eigenvalue weighted by Crippen LogP contribution is -2.55. The maximum Gasteiger partial charge on any atom is 0.338 e. The van der Waals surface area contributed by atoms with Crippen LogP contribution in [-0.2, 0) is 11.8 Å². The standard InChI is InChI=1S/C19H27N5O3/c1-13(12-27-3)21-17-16(9-20)24(18(25)22(17)2)19(26)23-10-15(11-23)14-7-5-4-6-8-14/h4-5,9,14-15,20-21H,1,6-8,10-12H2,2-3H3. The summed E-state index contributed by atoms with van der Waals surface area (Å²) in [5.41, 5.74) is 0.277. The van der Waals surface area contributed by atoms with E-state index in [1.165, 1.54) is 4.57 Å². The van der Waals surface area contributed by atoms with E-state index in [4.69, 9.17) is 10.1 Å². The van der Waals surface area contributed by atoms with Crippen LogP contribution in [0.4, 0.5) is 10.6 Å². The predicted octanol–water partition coefficient (Wildman–Crippen LogP) is 2.01. The third-order valence-corrected chi connectivity index (χ3v) is 5.40. The second kappa shape index (κ2) is 7.96. The van der Waals surface area contributed by atoms with Crippen molar-refractivity contribution in [2.45, 2.75) is 19.3 Å². The summed E-state index contributed by atoms with van der Waals surface area (Å²) in [5, 5.41) is 10.7. The third kappa shape index (κ3) is 3.62. The van der Waals surface area contributed by atoms with Crippen molar-refractivity contribution < 1.29 is 9.53 Å². The number of allylic oxidation sites excluding steroid dienone is 2. The minimum absolute atomic E-state index is 0.216. The fourth-order valence-corrected chi connectivity index (χ4v) is 3.82. The van der Waals surface area contributed by atoms with Gasteiger partial charge in [0.2, 0.25) is 0 Å². The van der Waals surface area contributed by atoms with Gasteiger partial charge in [0.05, 0.1) is 6.61 Å². The highest BCUT2D eigenvalue weighted by Crippen LogP contribution is 2.33. The number of carbonyl (C=O) groups is 1. The second-order valence-electron chi connectivity index (χ2n) is 7.21. The Labute approximate surface area is 158 Å². The number of hydrogen-bond donors (Lipinski definition) is 2. The first kappa shape index (κ1) is 19.2. The van der Waals surface area contributed by atoms with Gasteiger partial charge in [0.25, 0.3) is 0 Å². The van der Waals surface area contributed by atoms with E-state index in [2.05, 4.69) is 24.0 Å². The highest BCUT2D eigenvalue weighted by atomic mass is 16.5. The number of carbonyl (C=O) groups excluding carboxylic acids is 1. The number of anilines is 1. The van der Waals surface area contributed by atoms with Gasteiger partial charge in [-0.1, -0.05) is 18.7 Å². The minimum Gasteiger partial charge on any atom is -0.379 e. The largest absolute Gasteiger partial charge is 0.379 e. The Hall–Kier alpha value is -2.61. The van der Waals surface area contributed by atoms with Gasteiger partial charge in [0, 0.05) is 39.2 Å². The van der Waals surface area contributed by atoms with Crippen molar-refractivity contribution in [1.29, 1.82) is 5.41 Å². The van der Waals surface area contributed by atoms with Gasteiger partial charge in [-0.2, -0.15) is 0 Å². The average molecular weight is 373 g/mol. The van der Waals surface area contributed by atoms with E-state index in [0.29, 0.717) is 36.4 Å². The summed E-state index contributed by atoms with van der Waals surface area (Å²) in [5.74, 6) is 1.46. The van der Waals surface area contributed by atoms with Crippen molar-refractivity contribution in [3.8, 4) is 0 Å². The Morgan fingerprint density at radius 1 is 1.41 bits per heavy atom. The van der Waals surface area contributed by atoms with Crippen LogP contribution in [0.1, 0.15) is 25.0 Å². The normalized spacial score (nSPS) is 19.6. The molecule has 1 saturated heterocycles. The molecule has 0 bridgehead atoms. The van der Waals surface area contributed by atoms with Crippen LogP contribution in [0, 0.1) is 17.2 Å². The molecule has 0 radical (unpaired) electrons. The molecular formula is C19H27N5O3. The fraction of sp³-hybridized carbons (Fsp3) is 0.526. The molecule has 0 spiro atoms. The van der Waals surface area contributed by atoms with Gasteiger partial charge in [-0.3, -0.25) is 4.57 Å². The third-order valence-electron chi connectivity index (χ3n) is 5.40. The molecule has 2 N–H and O–H groups in total. The SMILES string of the molecule is C=C(COC)Nc1c(C=N)n(C(=O)N2CC(C3CC=CCC3)C2)c(=O)n1C. The minimum atomic E-state index is -0.477. The zero-order chi connectivity index (χ0) is 19.6. The maximum atomic E-state index is 12.9. The van der Waals surface area contributed by atoms with Crippen LogP contribution in [0.3, 0.4) is 0 Å². The summed E-state index contributed by atoms with van der Waals surface area (Å²) in [6.45, 7) is 5.41. The van der Waals surface area contributed by atoms with E-state index in [-0.39, 0.29) is 18.3 Å². The van der Waals surface area contributed by atoms with Crippen LogP contribution in [0.2, 0.25) is 0 Å². The van der Waals surface area contributed by atoms with Gasteiger partial charge >= 0.3 is 11.7 Å². The molecule has 0 saturated carbocycles. The Balaban J connectivity index is 1.77. The molecule has 0 aromatic carbocycles. The van der Waals surface area contributed by atoms with E-state index >= 15 is 0 Å². The molecule has 1 aromatic heterocycles. The predicted molar refractivity (Wildman–Crippen MR) is 105 cm³/mol.